The molecule has 0 amide bonds. The van der Waals surface area contributed by atoms with Gasteiger partial charge in [-0.05, 0) is 36.4 Å². The van der Waals surface area contributed by atoms with Crippen molar-refractivity contribution >= 4 is 33.3 Å². The molecule has 0 fully saturated rings. The Labute approximate surface area is 161 Å². The number of benzene rings is 2. The van der Waals surface area contributed by atoms with Gasteiger partial charge in [-0.3, -0.25) is 0 Å². The molecule has 0 radical (unpaired) electrons. The number of thiazole rings is 1. The van der Waals surface area contributed by atoms with Crippen LogP contribution in [-0.2, 0) is 5.75 Å². The van der Waals surface area contributed by atoms with Crippen LogP contribution in [0, 0.1) is 0 Å². The molecule has 138 valence electrons. The van der Waals surface area contributed by atoms with E-state index in [9.17, 15) is 8.78 Å². The van der Waals surface area contributed by atoms with Crippen molar-refractivity contribution in [1.29, 1.82) is 0 Å². The summed E-state index contributed by atoms with van der Waals surface area (Å²) in [6.45, 7) is -2.86. The van der Waals surface area contributed by atoms with Gasteiger partial charge in [0.25, 0.3) is 0 Å². The fourth-order valence-corrected chi connectivity index (χ4v) is 4.28. The number of hydrogen-bond acceptors (Lipinski definition) is 7. The number of thioether (sulfide) groups is 1. The van der Waals surface area contributed by atoms with Crippen LogP contribution in [0.3, 0.4) is 0 Å². The summed E-state index contributed by atoms with van der Waals surface area (Å²) in [4.78, 5) is 4.58. The van der Waals surface area contributed by atoms with Crippen LogP contribution in [0.1, 0.15) is 5.01 Å². The lowest BCUT2D eigenvalue weighted by molar-refractivity contribution is -0.0498. The zero-order valence-corrected chi connectivity index (χ0v) is 15.4. The van der Waals surface area contributed by atoms with E-state index in [2.05, 4.69) is 19.9 Å². The number of nitrogens with two attached hydrogens (primary N) is 1. The number of fused-ring (bicyclic) bond motifs is 1. The first-order valence-electron chi connectivity index (χ1n) is 7.83. The smallest absolute Gasteiger partial charge is 0.387 e. The van der Waals surface area contributed by atoms with Crippen LogP contribution in [0.15, 0.2) is 53.7 Å². The minimum absolute atomic E-state index is 0.0715. The molecule has 4 rings (SSSR count). The maximum Gasteiger partial charge on any atom is 0.387 e. The van der Waals surface area contributed by atoms with Crippen molar-refractivity contribution < 1.29 is 13.5 Å². The lowest BCUT2D eigenvalue weighted by atomic mass is 10.2. The Morgan fingerprint density at radius 1 is 1.11 bits per heavy atom. The largest absolute Gasteiger partial charge is 0.435 e. The Morgan fingerprint density at radius 3 is 2.63 bits per heavy atom. The highest BCUT2D eigenvalue weighted by molar-refractivity contribution is 7.98. The molecule has 27 heavy (non-hydrogen) atoms. The van der Waals surface area contributed by atoms with Crippen LogP contribution in [0.5, 0.6) is 5.75 Å². The lowest BCUT2D eigenvalue weighted by Gasteiger charge is -2.06. The third kappa shape index (κ3) is 3.86. The number of nitrogen functional groups attached to an aromatic ring is 1. The predicted molar refractivity (Wildman–Crippen MR) is 101 cm³/mol. The fourth-order valence-electron chi connectivity index (χ4n) is 2.47. The van der Waals surface area contributed by atoms with Gasteiger partial charge in [0, 0.05) is 5.56 Å². The van der Waals surface area contributed by atoms with E-state index in [1.54, 1.807) is 23.5 Å². The van der Waals surface area contributed by atoms with Gasteiger partial charge in [0.05, 0.1) is 16.0 Å². The molecular formula is C17H13F2N5OS2. The zero-order valence-electron chi connectivity index (χ0n) is 13.8. The van der Waals surface area contributed by atoms with E-state index in [0.717, 1.165) is 15.2 Å². The van der Waals surface area contributed by atoms with E-state index < -0.39 is 6.61 Å². The molecule has 0 unspecified atom stereocenters. The van der Waals surface area contributed by atoms with E-state index in [-0.39, 0.29) is 5.75 Å². The maximum atomic E-state index is 12.2. The molecule has 2 N–H and O–H groups in total. The molecule has 0 aliphatic carbocycles. The van der Waals surface area contributed by atoms with E-state index in [4.69, 9.17) is 5.84 Å². The normalized spacial score (nSPS) is 11.4. The first-order chi connectivity index (χ1) is 13.1. The van der Waals surface area contributed by atoms with Gasteiger partial charge < -0.3 is 10.6 Å². The average Bonchev–Trinajstić information content (AvgIpc) is 3.23. The van der Waals surface area contributed by atoms with Gasteiger partial charge >= 0.3 is 6.61 Å². The van der Waals surface area contributed by atoms with Gasteiger partial charge in [0.15, 0.2) is 5.82 Å². The van der Waals surface area contributed by atoms with Crippen LogP contribution < -0.4 is 10.6 Å². The van der Waals surface area contributed by atoms with Crippen LogP contribution in [0.4, 0.5) is 8.78 Å². The second kappa shape index (κ2) is 7.49. The molecular weight excluding hydrogens is 392 g/mol. The van der Waals surface area contributed by atoms with E-state index >= 15 is 0 Å². The highest BCUT2D eigenvalue weighted by Gasteiger charge is 2.14. The summed E-state index contributed by atoms with van der Waals surface area (Å²) in [7, 11) is 0. The van der Waals surface area contributed by atoms with Crippen molar-refractivity contribution in [1.82, 2.24) is 19.9 Å². The molecule has 0 saturated heterocycles. The molecule has 10 heteroatoms. The monoisotopic (exact) mass is 405 g/mol. The predicted octanol–water partition coefficient (Wildman–Crippen LogP) is 4.16. The summed E-state index contributed by atoms with van der Waals surface area (Å²) in [5, 5.41) is 9.71. The van der Waals surface area contributed by atoms with Gasteiger partial charge in [0.1, 0.15) is 10.8 Å². The number of alkyl halides is 2. The molecule has 0 saturated carbocycles. The Bertz CT molecular complexity index is 1030. The van der Waals surface area contributed by atoms with E-state index in [1.807, 2.05) is 24.3 Å². The molecule has 0 aliphatic heterocycles. The molecule has 2 heterocycles. The average molecular weight is 405 g/mol. The molecule has 0 spiro atoms. The lowest BCUT2D eigenvalue weighted by Crippen LogP contribution is -2.11. The second-order valence-corrected chi connectivity index (χ2v) is 7.50. The molecule has 0 bridgehead atoms. The van der Waals surface area contributed by atoms with Crippen molar-refractivity contribution in [3.8, 4) is 17.1 Å². The van der Waals surface area contributed by atoms with Crippen molar-refractivity contribution in [3.63, 3.8) is 0 Å². The molecule has 2 aromatic carbocycles. The van der Waals surface area contributed by atoms with E-state index in [1.165, 1.54) is 28.6 Å². The van der Waals surface area contributed by atoms with Crippen LogP contribution >= 0.6 is 23.1 Å². The summed E-state index contributed by atoms with van der Waals surface area (Å²) in [6, 6.07) is 14.0. The number of halogens is 2. The first kappa shape index (κ1) is 17.7. The number of hydrogen-bond donors (Lipinski definition) is 1. The summed E-state index contributed by atoms with van der Waals surface area (Å²) in [6.07, 6.45) is 0. The molecule has 0 atom stereocenters. The van der Waals surface area contributed by atoms with Crippen molar-refractivity contribution in [2.75, 3.05) is 5.84 Å². The van der Waals surface area contributed by atoms with Crippen LogP contribution in [0.2, 0.25) is 0 Å². The van der Waals surface area contributed by atoms with Gasteiger partial charge in [-0.1, -0.05) is 23.9 Å². The number of rotatable bonds is 6. The van der Waals surface area contributed by atoms with Crippen LogP contribution in [-0.4, -0.2) is 26.5 Å². The van der Waals surface area contributed by atoms with Crippen molar-refractivity contribution in [3.05, 3.63) is 53.5 Å². The van der Waals surface area contributed by atoms with Gasteiger partial charge in [-0.15, -0.1) is 21.5 Å². The molecule has 0 aliphatic rings. The van der Waals surface area contributed by atoms with Crippen LogP contribution in [0.25, 0.3) is 21.6 Å². The van der Waals surface area contributed by atoms with Gasteiger partial charge in [-0.25, -0.2) is 9.66 Å². The number of ether oxygens (including phenoxy) is 1. The highest BCUT2D eigenvalue weighted by atomic mass is 32.2. The van der Waals surface area contributed by atoms with Gasteiger partial charge in [-0.2, -0.15) is 8.78 Å². The number of nitrogens with zero attached hydrogens (tertiary/aromatic N) is 4. The fraction of sp³-hybridized carbons (Fsp3) is 0.118. The van der Waals surface area contributed by atoms with Gasteiger partial charge in [0.2, 0.25) is 5.16 Å². The minimum Gasteiger partial charge on any atom is -0.435 e. The summed E-state index contributed by atoms with van der Waals surface area (Å²) < 4.78 is 31.3. The first-order valence-corrected chi connectivity index (χ1v) is 9.63. The minimum atomic E-state index is -2.86. The Morgan fingerprint density at radius 2 is 1.89 bits per heavy atom. The molecule has 4 aromatic rings. The zero-order chi connectivity index (χ0) is 18.8. The quantitative estimate of drug-likeness (QED) is 0.383. The van der Waals surface area contributed by atoms with Crippen molar-refractivity contribution in [2.24, 2.45) is 0 Å². The van der Waals surface area contributed by atoms with Crippen molar-refractivity contribution in [2.45, 2.75) is 17.5 Å². The molecule has 6 nitrogen and oxygen atoms in total. The Balaban J connectivity index is 1.48. The Kier molecular flexibility index (Phi) is 4.90. The summed E-state index contributed by atoms with van der Waals surface area (Å²) in [5.41, 5.74) is 1.62. The number of aromatic nitrogens is 4. The second-order valence-electron chi connectivity index (χ2n) is 5.44. The SMILES string of the molecule is Nn1c(SCc2nc3ccccc3s2)nnc1-c1ccc(OC(F)F)cc1. The maximum absolute atomic E-state index is 12.2. The topological polar surface area (TPSA) is 78.9 Å². The standard InChI is InChI=1S/C17H13F2N5OS2/c18-16(19)25-11-7-5-10(6-8-11)15-22-23-17(24(15)20)26-9-14-21-12-3-1-2-4-13(12)27-14/h1-8,16H,9,20H2. The molecule has 2 aromatic heterocycles. The third-order valence-corrected chi connectivity index (χ3v) is 5.84. The summed E-state index contributed by atoms with van der Waals surface area (Å²) in [5.74, 6) is 7.22. The third-order valence-electron chi connectivity index (χ3n) is 3.67. The summed E-state index contributed by atoms with van der Waals surface area (Å²) >= 11 is 3.06. The highest BCUT2D eigenvalue weighted by Crippen LogP contribution is 2.29. The van der Waals surface area contributed by atoms with E-state index in [0.29, 0.717) is 22.3 Å². The Hall–Kier alpha value is -2.72. The number of para-hydroxylation sites is 1.